The summed E-state index contributed by atoms with van der Waals surface area (Å²) >= 11 is 0. The van der Waals surface area contributed by atoms with Gasteiger partial charge < -0.3 is 14.2 Å². The van der Waals surface area contributed by atoms with Crippen molar-refractivity contribution in [3.05, 3.63) is 71.5 Å². The monoisotopic (exact) mass is 422 g/mol. The second-order valence-corrected chi connectivity index (χ2v) is 7.26. The fourth-order valence-electron chi connectivity index (χ4n) is 2.93. The number of carbonyl (C=O) groups is 2. The Hall–Kier alpha value is -3.61. The van der Waals surface area contributed by atoms with Gasteiger partial charge in [-0.3, -0.25) is 4.79 Å². The molecule has 0 saturated heterocycles. The summed E-state index contributed by atoms with van der Waals surface area (Å²) in [7, 11) is 0. The summed E-state index contributed by atoms with van der Waals surface area (Å²) in [5.41, 5.74) is 2.66. The highest BCUT2D eigenvalue weighted by Crippen LogP contribution is 2.28. The molecule has 0 atom stereocenters. The summed E-state index contributed by atoms with van der Waals surface area (Å²) in [5, 5.41) is 4.31. The zero-order chi connectivity index (χ0) is 22.4. The lowest BCUT2D eigenvalue weighted by atomic mass is 10.0. The molecule has 31 heavy (non-hydrogen) atoms. The van der Waals surface area contributed by atoms with Gasteiger partial charge >= 0.3 is 5.97 Å². The van der Waals surface area contributed by atoms with E-state index in [1.165, 1.54) is 6.20 Å². The number of rotatable bonds is 9. The van der Waals surface area contributed by atoms with Gasteiger partial charge in [-0.05, 0) is 58.0 Å². The first-order valence-electron chi connectivity index (χ1n) is 10.1. The number of esters is 1. The van der Waals surface area contributed by atoms with E-state index in [1.54, 1.807) is 36.0 Å². The van der Waals surface area contributed by atoms with Gasteiger partial charge in [0.05, 0.1) is 35.7 Å². The smallest absolute Gasteiger partial charge is 0.344 e. The normalized spacial score (nSPS) is 10.7. The first-order valence-corrected chi connectivity index (χ1v) is 10.1. The molecular formula is C24H26N2O5. The van der Waals surface area contributed by atoms with Crippen LogP contribution < -0.4 is 9.47 Å². The van der Waals surface area contributed by atoms with E-state index in [-0.39, 0.29) is 36.4 Å². The minimum Gasteiger partial charge on any atom is -0.491 e. The van der Waals surface area contributed by atoms with E-state index in [0.29, 0.717) is 11.3 Å². The van der Waals surface area contributed by atoms with Crippen molar-refractivity contribution in [2.24, 2.45) is 0 Å². The highest BCUT2D eigenvalue weighted by Gasteiger charge is 2.19. The standard InChI is InChI=1S/C24H26N2O5/c1-5-29-23(27)15-30-22-11-10-20(31-16(2)3)12-21(22)24(28)18-13-25-26(14-18)19-8-6-17(4)7-9-19/h6-14,16H,5,15H2,1-4H3. The number of hydrogen-bond acceptors (Lipinski definition) is 6. The minimum atomic E-state index is -0.504. The van der Waals surface area contributed by atoms with Crippen LogP contribution in [-0.2, 0) is 9.53 Å². The Labute approximate surface area is 181 Å². The number of benzene rings is 2. The molecule has 3 aromatic rings. The van der Waals surface area contributed by atoms with Gasteiger partial charge in [-0.15, -0.1) is 0 Å². The van der Waals surface area contributed by atoms with Crippen LogP contribution in [0, 0.1) is 6.92 Å². The van der Waals surface area contributed by atoms with Crippen molar-refractivity contribution in [1.29, 1.82) is 0 Å². The Morgan fingerprint density at radius 3 is 2.52 bits per heavy atom. The van der Waals surface area contributed by atoms with E-state index in [0.717, 1.165) is 11.3 Å². The first kappa shape index (κ1) is 22.1. The quantitative estimate of drug-likeness (QED) is 0.381. The molecule has 0 aliphatic carbocycles. The zero-order valence-electron chi connectivity index (χ0n) is 18.1. The number of aromatic nitrogens is 2. The molecular weight excluding hydrogens is 396 g/mol. The van der Waals surface area contributed by atoms with Gasteiger partial charge in [-0.1, -0.05) is 17.7 Å². The van der Waals surface area contributed by atoms with Gasteiger partial charge in [0.15, 0.2) is 12.4 Å². The van der Waals surface area contributed by atoms with E-state index >= 15 is 0 Å². The molecule has 0 spiro atoms. The molecule has 0 aliphatic rings. The Kier molecular flexibility index (Phi) is 7.07. The fourth-order valence-corrected chi connectivity index (χ4v) is 2.93. The van der Waals surface area contributed by atoms with E-state index in [9.17, 15) is 9.59 Å². The zero-order valence-corrected chi connectivity index (χ0v) is 18.1. The van der Waals surface area contributed by atoms with Crippen LogP contribution in [0.15, 0.2) is 54.9 Å². The number of nitrogens with zero attached hydrogens (tertiary/aromatic N) is 2. The predicted octanol–water partition coefficient (Wildman–Crippen LogP) is 4.14. The van der Waals surface area contributed by atoms with Crippen molar-refractivity contribution in [3.8, 4) is 17.2 Å². The van der Waals surface area contributed by atoms with Crippen LogP contribution in [0.2, 0.25) is 0 Å². The molecule has 162 valence electrons. The third kappa shape index (κ3) is 5.72. The number of hydrogen-bond donors (Lipinski definition) is 0. The average Bonchev–Trinajstić information content (AvgIpc) is 3.23. The van der Waals surface area contributed by atoms with Gasteiger partial charge in [-0.25, -0.2) is 9.48 Å². The molecule has 0 N–H and O–H groups in total. The molecule has 1 aromatic heterocycles. The average molecular weight is 422 g/mol. The van der Waals surface area contributed by atoms with Gasteiger partial charge in [0.1, 0.15) is 11.5 Å². The van der Waals surface area contributed by atoms with Crippen LogP contribution in [0.5, 0.6) is 11.5 Å². The maximum Gasteiger partial charge on any atom is 0.344 e. The Morgan fingerprint density at radius 2 is 1.84 bits per heavy atom. The first-order chi connectivity index (χ1) is 14.9. The maximum absolute atomic E-state index is 13.3. The molecule has 0 saturated carbocycles. The maximum atomic E-state index is 13.3. The fraction of sp³-hybridized carbons (Fsp3) is 0.292. The van der Waals surface area contributed by atoms with E-state index in [1.807, 2.05) is 45.0 Å². The molecule has 7 nitrogen and oxygen atoms in total. The molecule has 0 bridgehead atoms. The van der Waals surface area contributed by atoms with Crippen LogP contribution in [0.25, 0.3) is 5.69 Å². The SMILES string of the molecule is CCOC(=O)COc1ccc(OC(C)C)cc1C(=O)c1cnn(-c2ccc(C)cc2)c1. The van der Waals surface area contributed by atoms with Gasteiger partial charge in [0, 0.05) is 6.20 Å². The van der Waals surface area contributed by atoms with Crippen molar-refractivity contribution in [1.82, 2.24) is 9.78 Å². The molecule has 0 amide bonds. The lowest BCUT2D eigenvalue weighted by molar-refractivity contribution is -0.145. The Bertz CT molecular complexity index is 1050. The third-order valence-corrected chi connectivity index (χ3v) is 4.36. The lowest BCUT2D eigenvalue weighted by Crippen LogP contribution is -2.16. The largest absolute Gasteiger partial charge is 0.491 e. The molecule has 0 aliphatic heterocycles. The predicted molar refractivity (Wildman–Crippen MR) is 116 cm³/mol. The molecule has 0 fully saturated rings. The molecule has 0 radical (unpaired) electrons. The molecule has 0 unspecified atom stereocenters. The number of ether oxygens (including phenoxy) is 3. The van der Waals surface area contributed by atoms with Crippen LogP contribution in [0.1, 0.15) is 42.3 Å². The number of ketones is 1. The molecule has 1 heterocycles. The van der Waals surface area contributed by atoms with Crippen LogP contribution in [0.4, 0.5) is 0 Å². The summed E-state index contributed by atoms with van der Waals surface area (Å²) in [5.74, 6) is 0.0204. The Balaban J connectivity index is 1.90. The molecule has 3 rings (SSSR count). The summed E-state index contributed by atoms with van der Waals surface area (Å²) in [6.07, 6.45) is 3.12. The van der Waals surface area contributed by atoms with Crippen molar-refractivity contribution < 1.29 is 23.8 Å². The summed E-state index contributed by atoms with van der Waals surface area (Å²) < 4.78 is 17.8. The highest BCUT2D eigenvalue weighted by molar-refractivity contribution is 6.10. The highest BCUT2D eigenvalue weighted by atomic mass is 16.6. The second kappa shape index (κ2) is 9.93. The second-order valence-electron chi connectivity index (χ2n) is 7.26. The van der Waals surface area contributed by atoms with Crippen molar-refractivity contribution in [2.75, 3.05) is 13.2 Å². The topological polar surface area (TPSA) is 79.7 Å². The van der Waals surface area contributed by atoms with Crippen molar-refractivity contribution in [3.63, 3.8) is 0 Å². The summed E-state index contributed by atoms with van der Waals surface area (Å²) in [6, 6.07) is 12.8. The van der Waals surface area contributed by atoms with Gasteiger partial charge in [0.25, 0.3) is 0 Å². The number of aryl methyl sites for hydroxylation is 1. The van der Waals surface area contributed by atoms with E-state index in [2.05, 4.69) is 5.10 Å². The number of carbonyl (C=O) groups excluding carboxylic acids is 2. The third-order valence-electron chi connectivity index (χ3n) is 4.36. The van der Waals surface area contributed by atoms with Crippen molar-refractivity contribution in [2.45, 2.75) is 33.8 Å². The molecule has 7 heteroatoms. The summed E-state index contributed by atoms with van der Waals surface area (Å²) in [6.45, 7) is 7.49. The molecule has 2 aromatic carbocycles. The van der Waals surface area contributed by atoms with Crippen molar-refractivity contribution >= 4 is 11.8 Å². The van der Waals surface area contributed by atoms with E-state index < -0.39 is 5.97 Å². The van der Waals surface area contributed by atoms with E-state index in [4.69, 9.17) is 14.2 Å². The van der Waals surface area contributed by atoms with Gasteiger partial charge in [-0.2, -0.15) is 5.10 Å². The minimum absolute atomic E-state index is 0.0569. The van der Waals surface area contributed by atoms with Crippen LogP contribution >= 0.6 is 0 Å². The summed E-state index contributed by atoms with van der Waals surface area (Å²) in [4.78, 5) is 25.0. The van der Waals surface area contributed by atoms with Crippen LogP contribution in [-0.4, -0.2) is 40.9 Å². The van der Waals surface area contributed by atoms with Gasteiger partial charge in [0.2, 0.25) is 0 Å². The van der Waals surface area contributed by atoms with Crippen LogP contribution in [0.3, 0.4) is 0 Å². The Morgan fingerprint density at radius 1 is 1.10 bits per heavy atom. The lowest BCUT2D eigenvalue weighted by Gasteiger charge is -2.14.